The zero-order valence-corrected chi connectivity index (χ0v) is 6.65. The van der Waals surface area contributed by atoms with Gasteiger partial charge in [0.15, 0.2) is 6.29 Å². The number of unbranched alkanes of at least 4 members (excludes halogenated alkanes) is 4. The van der Waals surface area contributed by atoms with E-state index in [1.807, 2.05) is 13.3 Å². The average molecular weight is 142 g/mol. The van der Waals surface area contributed by atoms with Crippen molar-refractivity contribution in [3.05, 3.63) is 0 Å². The van der Waals surface area contributed by atoms with E-state index in [1.165, 1.54) is 12.8 Å². The third-order valence-corrected chi connectivity index (χ3v) is 1.46. The molecule has 0 unspecified atom stereocenters. The molecule has 0 rings (SSSR count). The molecule has 0 heterocycles. The summed E-state index contributed by atoms with van der Waals surface area (Å²) in [6.45, 7) is 1.09. The maximum absolute atomic E-state index is 9.76. The van der Waals surface area contributed by atoms with E-state index in [2.05, 4.69) is 5.32 Å². The van der Waals surface area contributed by atoms with Crippen LogP contribution in [0.15, 0.2) is 0 Å². The Labute approximate surface area is 63.0 Å². The smallest absolute Gasteiger partial charge is 0.198 e. The van der Waals surface area contributed by atoms with Crippen LogP contribution in [-0.4, -0.2) is 19.9 Å². The van der Waals surface area contributed by atoms with Gasteiger partial charge in [0.05, 0.1) is 0 Å². The monoisotopic (exact) mass is 142 g/mol. The van der Waals surface area contributed by atoms with Crippen LogP contribution in [0.3, 0.4) is 0 Å². The lowest BCUT2D eigenvalue weighted by Gasteiger charge is -1.96. The summed E-state index contributed by atoms with van der Waals surface area (Å²) in [5, 5.41) is 3.08. The minimum absolute atomic E-state index is 0.611. The highest BCUT2D eigenvalue weighted by Crippen LogP contribution is 1.99. The molecule has 2 nitrogen and oxygen atoms in total. The van der Waals surface area contributed by atoms with Crippen molar-refractivity contribution in [1.29, 1.82) is 0 Å². The van der Waals surface area contributed by atoms with Gasteiger partial charge in [0.2, 0.25) is 0 Å². The second kappa shape index (κ2) is 8.63. The van der Waals surface area contributed by atoms with Crippen LogP contribution in [-0.2, 0) is 4.79 Å². The van der Waals surface area contributed by atoms with Gasteiger partial charge in [-0.25, -0.2) is 0 Å². The van der Waals surface area contributed by atoms with Gasteiger partial charge < -0.3 is 5.32 Å². The van der Waals surface area contributed by atoms with E-state index in [0.29, 0.717) is 6.42 Å². The molecular weight excluding hydrogens is 126 g/mol. The standard InChI is InChI=1S/C8H16NO/c1-9-7-5-3-2-4-6-8-10/h9H,2-7H2,1H3. The van der Waals surface area contributed by atoms with Gasteiger partial charge in [0.25, 0.3) is 0 Å². The first-order valence-electron chi connectivity index (χ1n) is 3.91. The highest BCUT2D eigenvalue weighted by atomic mass is 16.1. The van der Waals surface area contributed by atoms with E-state index < -0.39 is 0 Å². The largest absolute Gasteiger partial charge is 0.320 e. The topological polar surface area (TPSA) is 29.1 Å². The summed E-state index contributed by atoms with van der Waals surface area (Å²) in [6.07, 6.45) is 7.12. The van der Waals surface area contributed by atoms with Crippen molar-refractivity contribution in [3.63, 3.8) is 0 Å². The maximum Gasteiger partial charge on any atom is 0.198 e. The Kier molecular flexibility index (Phi) is 8.31. The molecule has 10 heavy (non-hydrogen) atoms. The Morgan fingerprint density at radius 1 is 1.20 bits per heavy atom. The molecule has 0 bridgehead atoms. The fourth-order valence-corrected chi connectivity index (χ4v) is 0.852. The van der Waals surface area contributed by atoms with Crippen molar-refractivity contribution < 1.29 is 4.79 Å². The van der Waals surface area contributed by atoms with Gasteiger partial charge in [-0.1, -0.05) is 12.8 Å². The van der Waals surface area contributed by atoms with Crippen LogP contribution < -0.4 is 5.32 Å². The van der Waals surface area contributed by atoms with E-state index in [1.54, 1.807) is 0 Å². The summed E-state index contributed by atoms with van der Waals surface area (Å²) >= 11 is 0. The zero-order valence-electron chi connectivity index (χ0n) is 6.65. The third-order valence-electron chi connectivity index (χ3n) is 1.46. The zero-order chi connectivity index (χ0) is 7.66. The maximum atomic E-state index is 9.76. The van der Waals surface area contributed by atoms with Gasteiger partial charge in [-0.2, -0.15) is 0 Å². The molecule has 0 amide bonds. The first-order valence-corrected chi connectivity index (χ1v) is 3.91. The van der Waals surface area contributed by atoms with E-state index in [9.17, 15) is 4.79 Å². The molecule has 0 fully saturated rings. The highest BCUT2D eigenvalue weighted by Gasteiger charge is 1.87. The van der Waals surface area contributed by atoms with Gasteiger partial charge in [-0.3, -0.25) is 4.79 Å². The molecule has 1 radical (unpaired) electrons. The van der Waals surface area contributed by atoms with Gasteiger partial charge in [-0.15, -0.1) is 0 Å². The van der Waals surface area contributed by atoms with Crippen LogP contribution in [0.4, 0.5) is 0 Å². The Bertz CT molecular complexity index is 73.7. The van der Waals surface area contributed by atoms with Crippen molar-refractivity contribution in [2.24, 2.45) is 0 Å². The summed E-state index contributed by atoms with van der Waals surface area (Å²) in [4.78, 5) is 9.76. The number of carbonyl (C=O) groups excluding carboxylic acids is 1. The number of hydrogen-bond donors (Lipinski definition) is 1. The molecule has 0 saturated heterocycles. The van der Waals surface area contributed by atoms with Gasteiger partial charge in [0.1, 0.15) is 0 Å². The summed E-state index contributed by atoms with van der Waals surface area (Å²) in [5.74, 6) is 0. The Morgan fingerprint density at radius 2 is 1.90 bits per heavy atom. The second-order valence-corrected chi connectivity index (χ2v) is 2.41. The lowest BCUT2D eigenvalue weighted by atomic mass is 10.1. The van der Waals surface area contributed by atoms with Crippen LogP contribution in [0, 0.1) is 0 Å². The Balaban J connectivity index is 2.70. The highest BCUT2D eigenvalue weighted by molar-refractivity contribution is 5.50. The Morgan fingerprint density at radius 3 is 2.50 bits per heavy atom. The Hall–Kier alpha value is -0.370. The molecule has 0 aromatic carbocycles. The lowest BCUT2D eigenvalue weighted by molar-refractivity contribution is 0.543. The molecule has 0 aliphatic heterocycles. The molecule has 59 valence electrons. The molecule has 0 aromatic rings. The summed E-state index contributed by atoms with van der Waals surface area (Å²) in [5.41, 5.74) is 0. The first kappa shape index (κ1) is 9.63. The molecule has 2 heteroatoms. The van der Waals surface area contributed by atoms with Crippen LogP contribution in [0.2, 0.25) is 0 Å². The predicted molar refractivity (Wildman–Crippen MR) is 42.7 cm³/mol. The molecule has 0 spiro atoms. The van der Waals surface area contributed by atoms with E-state index in [-0.39, 0.29) is 0 Å². The summed E-state index contributed by atoms with van der Waals surface area (Å²) < 4.78 is 0. The first-order chi connectivity index (χ1) is 4.91. The van der Waals surface area contributed by atoms with Crippen molar-refractivity contribution in [2.45, 2.75) is 32.1 Å². The quantitative estimate of drug-likeness (QED) is 0.542. The van der Waals surface area contributed by atoms with Crippen LogP contribution in [0.25, 0.3) is 0 Å². The van der Waals surface area contributed by atoms with Crippen LogP contribution in [0.1, 0.15) is 32.1 Å². The van der Waals surface area contributed by atoms with Crippen molar-refractivity contribution in [3.8, 4) is 0 Å². The molecule has 0 aromatic heterocycles. The second-order valence-electron chi connectivity index (χ2n) is 2.41. The summed E-state index contributed by atoms with van der Waals surface area (Å²) in [7, 11) is 1.96. The van der Waals surface area contributed by atoms with Crippen molar-refractivity contribution in [1.82, 2.24) is 5.32 Å². The number of rotatable bonds is 7. The van der Waals surface area contributed by atoms with Crippen LogP contribution >= 0.6 is 0 Å². The van der Waals surface area contributed by atoms with Gasteiger partial charge >= 0.3 is 0 Å². The molecule has 0 saturated carbocycles. The predicted octanol–water partition coefficient (Wildman–Crippen LogP) is 1.27. The van der Waals surface area contributed by atoms with E-state index >= 15 is 0 Å². The SMILES string of the molecule is CNCCCCCC[C]=O. The molecule has 0 aliphatic carbocycles. The molecule has 0 atom stereocenters. The normalized spacial score (nSPS) is 9.70. The fraction of sp³-hybridized carbons (Fsp3) is 0.875. The molecule has 0 aliphatic rings. The van der Waals surface area contributed by atoms with Crippen molar-refractivity contribution >= 4 is 6.29 Å². The lowest BCUT2D eigenvalue weighted by Crippen LogP contribution is -2.06. The average Bonchev–Trinajstić information content (AvgIpc) is 1.97. The van der Waals surface area contributed by atoms with E-state index in [4.69, 9.17) is 0 Å². The fourth-order valence-electron chi connectivity index (χ4n) is 0.852. The minimum atomic E-state index is 0.611. The van der Waals surface area contributed by atoms with Crippen molar-refractivity contribution in [2.75, 3.05) is 13.6 Å². The number of hydrogen-bond acceptors (Lipinski definition) is 2. The number of nitrogens with one attached hydrogen (secondary N) is 1. The third kappa shape index (κ3) is 7.63. The van der Waals surface area contributed by atoms with Crippen LogP contribution in [0.5, 0.6) is 0 Å². The minimum Gasteiger partial charge on any atom is -0.320 e. The van der Waals surface area contributed by atoms with Gasteiger partial charge in [0, 0.05) is 6.42 Å². The summed E-state index contributed by atoms with van der Waals surface area (Å²) in [6, 6.07) is 0. The van der Waals surface area contributed by atoms with Gasteiger partial charge in [-0.05, 0) is 26.4 Å². The molecular formula is C8H16NO. The van der Waals surface area contributed by atoms with E-state index in [0.717, 1.165) is 19.4 Å². The molecule has 1 N–H and O–H groups in total.